The second-order valence-corrected chi connectivity index (χ2v) is 5.68. The summed E-state index contributed by atoms with van der Waals surface area (Å²) in [7, 11) is 3.96. The third-order valence-corrected chi connectivity index (χ3v) is 3.94. The number of likely N-dealkylation sites (tertiary alicyclic amines) is 1. The van der Waals surface area contributed by atoms with Crippen molar-refractivity contribution in [3.05, 3.63) is 33.9 Å². The molecule has 0 saturated carbocycles. The Morgan fingerprint density at radius 2 is 2.10 bits per heavy atom. The summed E-state index contributed by atoms with van der Waals surface area (Å²) in [6.45, 7) is 3.34. The molecule has 114 valence electrons. The molecule has 1 amide bonds. The first-order chi connectivity index (χ1) is 9.81. The van der Waals surface area contributed by atoms with Gasteiger partial charge in [-0.1, -0.05) is 6.92 Å². The van der Waals surface area contributed by atoms with Crippen molar-refractivity contribution in [2.24, 2.45) is 5.92 Å². The normalized spacial score (nSPS) is 21.8. The van der Waals surface area contributed by atoms with Crippen LogP contribution >= 0.6 is 0 Å². The third kappa shape index (κ3) is 2.97. The highest BCUT2D eigenvalue weighted by molar-refractivity contribution is 5.95. The SMILES string of the molecule is CC1CN(C(=O)c2ccc([N+](=O)[O-])c(O)c2)CC1N(C)C. The maximum absolute atomic E-state index is 12.4. The van der Waals surface area contributed by atoms with Crippen molar-refractivity contribution in [3.63, 3.8) is 0 Å². The van der Waals surface area contributed by atoms with Gasteiger partial charge in [-0.05, 0) is 32.1 Å². The first kappa shape index (κ1) is 15.2. The molecule has 2 rings (SSSR count). The number of carbonyl (C=O) groups excluding carboxylic acids is 1. The van der Waals surface area contributed by atoms with Gasteiger partial charge < -0.3 is 14.9 Å². The lowest BCUT2D eigenvalue weighted by Gasteiger charge is -2.22. The van der Waals surface area contributed by atoms with Gasteiger partial charge in [0.25, 0.3) is 5.91 Å². The van der Waals surface area contributed by atoms with E-state index >= 15 is 0 Å². The molecule has 1 saturated heterocycles. The Balaban J connectivity index is 2.18. The first-order valence-electron chi connectivity index (χ1n) is 6.74. The first-order valence-corrected chi connectivity index (χ1v) is 6.74. The topological polar surface area (TPSA) is 86.9 Å². The van der Waals surface area contributed by atoms with Gasteiger partial charge in [-0.3, -0.25) is 14.9 Å². The number of amides is 1. The minimum atomic E-state index is -0.677. The van der Waals surface area contributed by atoms with Crippen LogP contribution in [0.4, 0.5) is 5.69 Å². The molecule has 2 unspecified atom stereocenters. The molecule has 0 aliphatic carbocycles. The third-order valence-electron chi connectivity index (χ3n) is 3.94. The van der Waals surface area contributed by atoms with Crippen molar-refractivity contribution < 1.29 is 14.8 Å². The zero-order chi connectivity index (χ0) is 15.7. The molecule has 1 N–H and O–H groups in total. The fraction of sp³-hybridized carbons (Fsp3) is 0.500. The molecule has 0 bridgehead atoms. The molecule has 0 spiro atoms. The van der Waals surface area contributed by atoms with Crippen LogP contribution in [-0.4, -0.2) is 59.0 Å². The lowest BCUT2D eigenvalue weighted by Crippen LogP contribution is -2.35. The van der Waals surface area contributed by atoms with E-state index in [0.29, 0.717) is 25.0 Å². The Bertz CT molecular complexity index is 573. The lowest BCUT2D eigenvalue weighted by molar-refractivity contribution is -0.385. The number of carbonyl (C=O) groups is 1. The highest BCUT2D eigenvalue weighted by atomic mass is 16.6. The minimum Gasteiger partial charge on any atom is -0.502 e. The van der Waals surface area contributed by atoms with Gasteiger partial charge in [-0.2, -0.15) is 0 Å². The van der Waals surface area contributed by atoms with E-state index in [1.165, 1.54) is 6.07 Å². The molecular weight excluding hydrogens is 274 g/mol. The van der Waals surface area contributed by atoms with Gasteiger partial charge in [-0.15, -0.1) is 0 Å². The monoisotopic (exact) mass is 293 g/mol. The molecule has 7 nitrogen and oxygen atoms in total. The van der Waals surface area contributed by atoms with E-state index in [1.54, 1.807) is 4.90 Å². The summed E-state index contributed by atoms with van der Waals surface area (Å²) in [4.78, 5) is 26.2. The van der Waals surface area contributed by atoms with Crippen molar-refractivity contribution >= 4 is 11.6 Å². The van der Waals surface area contributed by atoms with E-state index in [-0.39, 0.29) is 11.5 Å². The number of aromatic hydroxyl groups is 1. The molecule has 1 aliphatic rings. The summed E-state index contributed by atoms with van der Waals surface area (Å²) >= 11 is 0. The Morgan fingerprint density at radius 1 is 1.43 bits per heavy atom. The van der Waals surface area contributed by atoms with Crippen LogP contribution in [0.25, 0.3) is 0 Å². The van der Waals surface area contributed by atoms with E-state index in [1.807, 2.05) is 14.1 Å². The zero-order valence-corrected chi connectivity index (χ0v) is 12.3. The molecule has 7 heteroatoms. The number of hydrogen-bond donors (Lipinski definition) is 1. The van der Waals surface area contributed by atoms with E-state index in [0.717, 1.165) is 12.1 Å². The van der Waals surface area contributed by atoms with E-state index in [4.69, 9.17) is 0 Å². The minimum absolute atomic E-state index is 0.212. The number of nitro benzene ring substituents is 1. The lowest BCUT2D eigenvalue weighted by atomic mass is 10.1. The molecule has 1 fully saturated rings. The van der Waals surface area contributed by atoms with Gasteiger partial charge in [0.05, 0.1) is 4.92 Å². The van der Waals surface area contributed by atoms with Crippen LogP contribution in [0.5, 0.6) is 5.75 Å². The van der Waals surface area contributed by atoms with E-state index < -0.39 is 16.4 Å². The summed E-state index contributed by atoms with van der Waals surface area (Å²) in [5.74, 6) is -0.339. The fourth-order valence-corrected chi connectivity index (χ4v) is 2.78. The zero-order valence-electron chi connectivity index (χ0n) is 12.3. The second kappa shape index (κ2) is 5.69. The summed E-state index contributed by atoms with van der Waals surface area (Å²) in [5.41, 5.74) is -0.128. The van der Waals surface area contributed by atoms with Crippen LogP contribution in [0, 0.1) is 16.0 Å². The highest BCUT2D eigenvalue weighted by Crippen LogP contribution is 2.28. The number of hydrogen-bond acceptors (Lipinski definition) is 5. The van der Waals surface area contributed by atoms with Gasteiger partial charge in [0.2, 0.25) is 0 Å². The van der Waals surface area contributed by atoms with Crippen LogP contribution < -0.4 is 0 Å². The molecule has 2 atom stereocenters. The van der Waals surface area contributed by atoms with Crippen molar-refractivity contribution in [1.82, 2.24) is 9.80 Å². The standard InChI is InChI=1S/C14H19N3O4/c1-9-7-16(8-12(9)15(2)3)14(19)10-4-5-11(17(20)21)13(18)6-10/h4-6,9,12,18H,7-8H2,1-3H3. The smallest absolute Gasteiger partial charge is 0.310 e. The fourth-order valence-electron chi connectivity index (χ4n) is 2.78. The summed E-state index contributed by atoms with van der Waals surface area (Å²) in [6.07, 6.45) is 0. The molecule has 21 heavy (non-hydrogen) atoms. The van der Waals surface area contributed by atoms with E-state index in [9.17, 15) is 20.0 Å². The Morgan fingerprint density at radius 3 is 2.57 bits per heavy atom. The maximum Gasteiger partial charge on any atom is 0.310 e. The molecule has 1 aromatic rings. The summed E-state index contributed by atoms with van der Waals surface area (Å²) in [6, 6.07) is 3.99. The van der Waals surface area contributed by atoms with Gasteiger partial charge in [-0.25, -0.2) is 0 Å². The van der Waals surface area contributed by atoms with Crippen LogP contribution in [0.1, 0.15) is 17.3 Å². The summed E-state index contributed by atoms with van der Waals surface area (Å²) < 4.78 is 0. The number of rotatable bonds is 3. The number of phenolic OH excluding ortho intramolecular Hbond substituents is 1. The quantitative estimate of drug-likeness (QED) is 0.671. The number of nitrogens with zero attached hydrogens (tertiary/aromatic N) is 3. The highest BCUT2D eigenvalue weighted by Gasteiger charge is 2.34. The van der Waals surface area contributed by atoms with Crippen LogP contribution in [0.3, 0.4) is 0 Å². The molecule has 1 heterocycles. The molecular formula is C14H19N3O4. The number of phenols is 1. The molecule has 0 radical (unpaired) electrons. The Kier molecular flexibility index (Phi) is 4.13. The molecule has 1 aliphatic heterocycles. The summed E-state index contributed by atoms with van der Waals surface area (Å²) in [5, 5.41) is 20.3. The van der Waals surface area contributed by atoms with E-state index in [2.05, 4.69) is 11.8 Å². The second-order valence-electron chi connectivity index (χ2n) is 5.68. The Hall–Kier alpha value is -2.15. The number of nitro groups is 1. The average molecular weight is 293 g/mol. The van der Waals surface area contributed by atoms with Crippen molar-refractivity contribution in [1.29, 1.82) is 0 Å². The average Bonchev–Trinajstić information content (AvgIpc) is 2.79. The number of benzene rings is 1. The largest absolute Gasteiger partial charge is 0.502 e. The van der Waals surface area contributed by atoms with Gasteiger partial charge >= 0.3 is 5.69 Å². The molecule has 0 aromatic heterocycles. The van der Waals surface area contributed by atoms with Crippen molar-refractivity contribution in [3.8, 4) is 5.75 Å². The predicted molar refractivity (Wildman–Crippen MR) is 77.3 cm³/mol. The van der Waals surface area contributed by atoms with Crippen LogP contribution in [0.15, 0.2) is 18.2 Å². The van der Waals surface area contributed by atoms with Crippen LogP contribution in [-0.2, 0) is 0 Å². The van der Waals surface area contributed by atoms with Crippen molar-refractivity contribution in [2.75, 3.05) is 27.2 Å². The number of likely N-dealkylation sites (N-methyl/N-ethyl adjacent to an activating group) is 1. The molecule has 1 aromatic carbocycles. The van der Waals surface area contributed by atoms with Gasteiger partial charge in [0, 0.05) is 30.8 Å². The predicted octanol–water partition coefficient (Wildman–Crippen LogP) is 1.32. The Labute approximate surface area is 122 Å². The maximum atomic E-state index is 12.4. The van der Waals surface area contributed by atoms with Crippen molar-refractivity contribution in [2.45, 2.75) is 13.0 Å². The van der Waals surface area contributed by atoms with Gasteiger partial charge in [0.15, 0.2) is 5.75 Å². The van der Waals surface area contributed by atoms with Crippen LogP contribution in [0.2, 0.25) is 0 Å². The van der Waals surface area contributed by atoms with Gasteiger partial charge in [0.1, 0.15) is 0 Å².